The number of amides is 3. The van der Waals surface area contributed by atoms with Crippen LogP contribution < -0.4 is 10.0 Å². The van der Waals surface area contributed by atoms with Gasteiger partial charge in [-0.1, -0.05) is 46.3 Å². The third-order valence-electron chi connectivity index (χ3n) is 4.71. The molecule has 0 radical (unpaired) electrons. The van der Waals surface area contributed by atoms with Crippen molar-refractivity contribution in [3.05, 3.63) is 76.8 Å². The van der Waals surface area contributed by atoms with Crippen LogP contribution in [0.3, 0.4) is 0 Å². The summed E-state index contributed by atoms with van der Waals surface area (Å²) in [4.78, 5) is 51.3. The maximum atomic E-state index is 13.0. The van der Waals surface area contributed by atoms with Gasteiger partial charge in [0.1, 0.15) is 6.04 Å². The highest BCUT2D eigenvalue weighted by Gasteiger charge is 2.43. The lowest BCUT2D eigenvalue weighted by Gasteiger charge is -2.26. The molecule has 3 rings (SSSR count). The Labute approximate surface area is 181 Å². The second kappa shape index (κ2) is 9.49. The molecule has 1 fully saturated rings. The molecule has 1 atom stereocenters. The van der Waals surface area contributed by atoms with E-state index in [1.165, 1.54) is 4.90 Å². The molecule has 1 saturated heterocycles. The van der Waals surface area contributed by atoms with Gasteiger partial charge in [0.2, 0.25) is 11.8 Å². The zero-order chi connectivity index (χ0) is 21.7. The van der Waals surface area contributed by atoms with E-state index in [1.807, 2.05) is 30.3 Å². The number of aliphatic carboxylic acids is 1. The number of carboxylic acids is 1. The molecular formula is C22H18BrN2O5-. The van der Waals surface area contributed by atoms with Crippen molar-refractivity contribution in [1.82, 2.24) is 4.90 Å². The molecule has 0 spiro atoms. The predicted molar refractivity (Wildman–Crippen MR) is 111 cm³/mol. The molecule has 7 nitrogen and oxygen atoms in total. The quantitative estimate of drug-likeness (QED) is 0.451. The summed E-state index contributed by atoms with van der Waals surface area (Å²) < 4.78 is 0.800. The smallest absolute Gasteiger partial charge is 0.257 e. The number of benzene rings is 2. The number of anilines is 1. The molecule has 1 aliphatic heterocycles. The highest BCUT2D eigenvalue weighted by atomic mass is 79.9. The first-order valence-electron chi connectivity index (χ1n) is 9.23. The third-order valence-corrected chi connectivity index (χ3v) is 5.24. The number of imide groups is 1. The fourth-order valence-electron chi connectivity index (χ4n) is 3.27. The maximum Gasteiger partial charge on any atom is 0.257 e. The average Bonchev–Trinajstić information content (AvgIpc) is 3.02. The number of carbonyl (C=O) groups is 4. The third kappa shape index (κ3) is 5.01. The molecule has 0 bridgehead atoms. The Balaban J connectivity index is 1.85. The van der Waals surface area contributed by atoms with E-state index in [-0.39, 0.29) is 13.0 Å². The van der Waals surface area contributed by atoms with Gasteiger partial charge in [0.15, 0.2) is 0 Å². The van der Waals surface area contributed by atoms with Gasteiger partial charge in [0, 0.05) is 17.1 Å². The predicted octanol–water partition coefficient (Wildman–Crippen LogP) is 1.46. The molecule has 30 heavy (non-hydrogen) atoms. The number of halogens is 1. The van der Waals surface area contributed by atoms with E-state index < -0.39 is 29.7 Å². The van der Waals surface area contributed by atoms with E-state index in [2.05, 4.69) is 15.9 Å². The fourth-order valence-corrected chi connectivity index (χ4v) is 3.53. The van der Waals surface area contributed by atoms with Crippen LogP contribution >= 0.6 is 15.9 Å². The van der Waals surface area contributed by atoms with Crippen molar-refractivity contribution in [2.24, 2.45) is 0 Å². The summed E-state index contributed by atoms with van der Waals surface area (Å²) in [6, 6.07) is 15.0. The number of carboxylic acid groups (broad SMARTS) is 1. The highest BCUT2D eigenvalue weighted by Crippen LogP contribution is 2.27. The van der Waals surface area contributed by atoms with E-state index in [0.717, 1.165) is 21.0 Å². The van der Waals surface area contributed by atoms with Gasteiger partial charge >= 0.3 is 0 Å². The second-order valence-electron chi connectivity index (χ2n) is 6.68. The Morgan fingerprint density at radius 1 is 1.07 bits per heavy atom. The van der Waals surface area contributed by atoms with Crippen molar-refractivity contribution < 1.29 is 24.3 Å². The van der Waals surface area contributed by atoms with Crippen molar-refractivity contribution in [3.63, 3.8) is 0 Å². The van der Waals surface area contributed by atoms with E-state index in [9.17, 15) is 24.3 Å². The standard InChI is InChI=1S/C22H19BrN2O5/c23-16-6-8-17(9-7-16)25-20(27)14-18(22(25)30)24(19(26)10-11-21(28)29)13-12-15-4-2-1-3-5-15/h1-11,18H,12-14H2,(H,28,29)/p-1/b11-10+/t18-/m1/s1. The molecule has 0 unspecified atom stereocenters. The van der Waals surface area contributed by atoms with Gasteiger partial charge in [-0.15, -0.1) is 0 Å². The fraction of sp³-hybridized carbons (Fsp3) is 0.182. The van der Waals surface area contributed by atoms with Gasteiger partial charge in [-0.2, -0.15) is 0 Å². The van der Waals surface area contributed by atoms with Crippen LogP contribution in [-0.2, 0) is 25.6 Å². The zero-order valence-corrected chi connectivity index (χ0v) is 17.4. The van der Waals surface area contributed by atoms with Crippen LogP contribution in [0.15, 0.2) is 71.2 Å². The monoisotopic (exact) mass is 469 g/mol. The molecule has 2 aromatic carbocycles. The van der Waals surface area contributed by atoms with Crippen molar-refractivity contribution in [1.29, 1.82) is 0 Å². The first kappa shape index (κ1) is 21.4. The van der Waals surface area contributed by atoms with E-state index in [4.69, 9.17) is 0 Å². The summed E-state index contributed by atoms with van der Waals surface area (Å²) in [5.41, 5.74) is 1.36. The second-order valence-corrected chi connectivity index (χ2v) is 7.60. The van der Waals surface area contributed by atoms with Gasteiger partial charge in [-0.3, -0.25) is 14.4 Å². The molecule has 0 aliphatic carbocycles. The molecule has 2 aromatic rings. The normalized spacial score (nSPS) is 16.3. The Kier molecular flexibility index (Phi) is 6.79. The van der Waals surface area contributed by atoms with E-state index in [0.29, 0.717) is 18.2 Å². The Hall–Kier alpha value is -3.26. The van der Waals surface area contributed by atoms with Crippen LogP contribution in [0.1, 0.15) is 12.0 Å². The summed E-state index contributed by atoms with van der Waals surface area (Å²) in [6.45, 7) is 0.151. The van der Waals surface area contributed by atoms with Gasteiger partial charge in [0.25, 0.3) is 5.91 Å². The lowest BCUT2D eigenvalue weighted by Crippen LogP contribution is -2.46. The molecule has 154 valence electrons. The zero-order valence-electron chi connectivity index (χ0n) is 15.9. The van der Waals surface area contributed by atoms with Gasteiger partial charge in [0.05, 0.1) is 18.1 Å². The van der Waals surface area contributed by atoms with Crippen LogP contribution in [0.4, 0.5) is 5.69 Å². The number of hydrogen-bond acceptors (Lipinski definition) is 5. The van der Waals surface area contributed by atoms with Crippen molar-refractivity contribution in [2.75, 3.05) is 11.4 Å². The van der Waals surface area contributed by atoms with Crippen LogP contribution in [0.2, 0.25) is 0 Å². The Bertz CT molecular complexity index is 988. The van der Waals surface area contributed by atoms with Crippen molar-refractivity contribution in [2.45, 2.75) is 18.9 Å². The first-order chi connectivity index (χ1) is 14.4. The molecule has 8 heteroatoms. The van der Waals surface area contributed by atoms with Gasteiger partial charge < -0.3 is 14.8 Å². The molecule has 1 heterocycles. The number of nitrogens with zero attached hydrogens (tertiary/aromatic N) is 2. The van der Waals surface area contributed by atoms with Crippen molar-refractivity contribution in [3.8, 4) is 0 Å². The minimum Gasteiger partial charge on any atom is -0.545 e. The highest BCUT2D eigenvalue weighted by molar-refractivity contribution is 9.10. The molecule has 3 amide bonds. The SMILES string of the molecule is O=C([O-])/C=C/C(=O)N(CCc1ccccc1)[C@@H]1CC(=O)N(c2ccc(Br)cc2)C1=O. The minimum atomic E-state index is -1.52. The Morgan fingerprint density at radius 2 is 1.73 bits per heavy atom. The minimum absolute atomic E-state index is 0.151. The topological polar surface area (TPSA) is 97.8 Å². The summed E-state index contributed by atoms with van der Waals surface area (Å²) in [5.74, 6) is -3.13. The van der Waals surface area contributed by atoms with Gasteiger partial charge in [-0.05, 0) is 42.3 Å². The van der Waals surface area contributed by atoms with Crippen LogP contribution in [0, 0.1) is 0 Å². The largest absolute Gasteiger partial charge is 0.545 e. The summed E-state index contributed by atoms with van der Waals surface area (Å²) in [6.07, 6.45) is 1.74. The van der Waals surface area contributed by atoms with Crippen molar-refractivity contribution >= 4 is 45.3 Å². The maximum absolute atomic E-state index is 13.0. The summed E-state index contributed by atoms with van der Waals surface area (Å²) in [5, 5.41) is 10.7. The van der Waals surface area contributed by atoms with E-state index >= 15 is 0 Å². The number of rotatable bonds is 7. The number of hydrogen-bond donors (Lipinski definition) is 0. The molecule has 1 aliphatic rings. The first-order valence-corrected chi connectivity index (χ1v) is 10.0. The molecule has 0 saturated carbocycles. The van der Waals surface area contributed by atoms with E-state index in [1.54, 1.807) is 24.3 Å². The summed E-state index contributed by atoms with van der Waals surface area (Å²) in [7, 11) is 0. The lowest BCUT2D eigenvalue weighted by atomic mass is 10.1. The molecular weight excluding hydrogens is 452 g/mol. The van der Waals surface area contributed by atoms with Gasteiger partial charge in [-0.25, -0.2) is 4.90 Å². The summed E-state index contributed by atoms with van der Waals surface area (Å²) >= 11 is 3.31. The average molecular weight is 470 g/mol. The lowest BCUT2D eigenvalue weighted by molar-refractivity contribution is -0.297. The Morgan fingerprint density at radius 3 is 2.37 bits per heavy atom. The molecule has 0 aromatic heterocycles. The van der Waals surface area contributed by atoms with Crippen LogP contribution in [-0.4, -0.2) is 41.2 Å². The van der Waals surface area contributed by atoms with Crippen LogP contribution in [0.25, 0.3) is 0 Å². The molecule has 0 N–H and O–H groups in total. The van der Waals surface area contributed by atoms with Crippen LogP contribution in [0.5, 0.6) is 0 Å². The number of carbonyl (C=O) groups excluding carboxylic acids is 4.